The van der Waals surface area contributed by atoms with E-state index in [9.17, 15) is 88.3 Å². The second-order valence-corrected chi connectivity index (χ2v) is 8.65. The minimum atomic E-state index is -7.74. The van der Waals surface area contributed by atoms with E-state index in [1.54, 1.807) is 0 Å². The number of rotatable bonds is 14. The molecule has 2 atom stereocenters. The minimum Gasteiger partial charge on any atom is -1.00 e. The molecule has 228 valence electrons. The zero-order valence-electron chi connectivity index (χ0n) is 19.1. The maximum absolute atomic E-state index is 14.2. The van der Waals surface area contributed by atoms with Crippen LogP contribution in [0.3, 0.4) is 0 Å². The van der Waals surface area contributed by atoms with Crippen molar-refractivity contribution in [3.05, 3.63) is 0 Å². The number of hydrogen-bond donors (Lipinski definition) is 2. The molecule has 0 bridgehead atoms. The van der Waals surface area contributed by atoms with Gasteiger partial charge in [0.1, 0.15) is 0 Å². The molecule has 0 saturated carbocycles. The zero-order valence-corrected chi connectivity index (χ0v) is 20.9. The molecular weight excluding hydrogens is 639 g/mol. The molecule has 2 unspecified atom stereocenters. The normalized spacial score (nSPS) is 16.1. The molecule has 0 heterocycles. The Morgan fingerprint density at radius 1 is 0.744 bits per heavy atom. The predicted octanol–water partition coefficient (Wildman–Crippen LogP) is 1.48. The molecule has 0 aromatic heterocycles. The molecule has 0 aliphatic rings. The average molecular weight is 650 g/mol. The first kappa shape index (κ1) is 39.9. The smallest absolute Gasteiger partial charge is 1.00 e. The van der Waals surface area contributed by atoms with Gasteiger partial charge >= 0.3 is 89.9 Å². The van der Waals surface area contributed by atoms with Gasteiger partial charge in [-0.15, -0.1) is 0 Å². The molecule has 0 aliphatic heterocycles. The Hall–Kier alpha value is -1.27. The van der Waals surface area contributed by atoms with Gasteiger partial charge in [-0.2, -0.15) is 61.1 Å². The van der Waals surface area contributed by atoms with E-state index in [1.165, 1.54) is 0 Å². The van der Waals surface area contributed by atoms with Gasteiger partial charge in [0.05, 0.1) is 12.8 Å². The van der Waals surface area contributed by atoms with Crippen LogP contribution in [-0.4, -0.2) is 89.8 Å². The zero-order chi connectivity index (χ0) is 31.1. The van der Waals surface area contributed by atoms with Crippen molar-refractivity contribution < 1.29 is 134 Å². The summed E-state index contributed by atoms with van der Waals surface area (Å²) >= 11 is 0. The van der Waals surface area contributed by atoms with Crippen LogP contribution in [0.1, 0.15) is 14.3 Å². The molecule has 39 heavy (non-hydrogen) atoms. The van der Waals surface area contributed by atoms with Crippen molar-refractivity contribution in [2.75, 3.05) is 0 Å². The van der Waals surface area contributed by atoms with Gasteiger partial charge in [-0.25, -0.2) is 17.6 Å². The third kappa shape index (κ3) is 7.72. The Kier molecular flexibility index (Phi) is 12.6. The van der Waals surface area contributed by atoms with E-state index >= 15 is 0 Å². The fraction of sp³-hybridized carbons (Fsp3) is 0.857. The molecule has 2 N–H and O–H groups in total. The van der Waals surface area contributed by atoms with E-state index in [2.05, 4.69) is 4.74 Å². The quantitative estimate of drug-likeness (QED) is 0.127. The van der Waals surface area contributed by atoms with E-state index in [-0.39, 0.29) is 31.0 Å². The van der Waals surface area contributed by atoms with Gasteiger partial charge in [0.15, 0.2) is 11.4 Å². The Bertz CT molecular complexity index is 994. The Morgan fingerprint density at radius 2 is 1.10 bits per heavy atom. The summed E-state index contributed by atoms with van der Waals surface area (Å²) in [5.74, 6) is -50.4. The van der Waals surface area contributed by atoms with E-state index in [0.717, 1.165) is 0 Å². The molecule has 0 fully saturated rings. The predicted molar refractivity (Wildman–Crippen MR) is 84.9 cm³/mol. The molecule has 0 rings (SSSR count). The molecule has 0 saturated heterocycles. The maximum Gasteiger partial charge on any atom is 1.00 e. The number of aliphatic carboxylic acids is 1. The SMILES string of the molecule is O=C(O)CC(C(=O)OC(CC(F)(F)C(F)(F)C(F)(F)C(F)F)C(F)(F)C(F)(F)C(F)(F)C(F)F)S(=O)(=O)O.[H-].[Na+]. The summed E-state index contributed by atoms with van der Waals surface area (Å²) in [7, 11) is -6.24. The van der Waals surface area contributed by atoms with Crippen LogP contribution in [0.4, 0.5) is 70.2 Å². The van der Waals surface area contributed by atoms with Crippen LogP contribution in [0.25, 0.3) is 0 Å². The van der Waals surface area contributed by atoms with Crippen molar-refractivity contribution >= 4 is 22.1 Å². The number of alkyl halides is 16. The van der Waals surface area contributed by atoms with Crippen molar-refractivity contribution in [2.45, 2.75) is 72.6 Å². The van der Waals surface area contributed by atoms with Gasteiger partial charge in [-0.1, -0.05) is 0 Å². The van der Waals surface area contributed by atoms with Gasteiger partial charge in [0.2, 0.25) is 0 Å². The summed E-state index contributed by atoms with van der Waals surface area (Å²) in [5, 5.41) is 4.61. The van der Waals surface area contributed by atoms with Crippen molar-refractivity contribution in [2.24, 2.45) is 0 Å². The monoisotopic (exact) mass is 650 g/mol. The second-order valence-electron chi connectivity index (χ2n) is 7.05. The van der Waals surface area contributed by atoms with Crippen LogP contribution in [0.2, 0.25) is 0 Å². The van der Waals surface area contributed by atoms with Gasteiger partial charge in [-0.05, 0) is 0 Å². The van der Waals surface area contributed by atoms with E-state index < -0.39 is 94.6 Å². The van der Waals surface area contributed by atoms with Crippen LogP contribution in [-0.2, 0) is 24.4 Å². The first-order chi connectivity index (χ1) is 16.4. The molecule has 0 amide bonds. The van der Waals surface area contributed by atoms with Gasteiger partial charge in [0.25, 0.3) is 10.1 Å². The van der Waals surface area contributed by atoms with Crippen LogP contribution in [0.15, 0.2) is 0 Å². The standard InChI is InChI=1S/C14H10F16O7S.Na.H/c15-7(16)11(23,24)13(27,28)9(19,20)2-4(10(21,22)14(29,30)12(25,26)8(17)18)37-6(33)3(1-5(31)32)38(34,35)36;;/h3-4,7-8H,1-2H2,(H,31,32)(H,34,35,36);;/q;+1;-1. The van der Waals surface area contributed by atoms with E-state index in [4.69, 9.17) is 9.66 Å². The average Bonchev–Trinajstić information content (AvgIpc) is 2.69. The number of carbonyl (C=O) groups excluding carboxylic acids is 1. The second kappa shape index (κ2) is 12.3. The summed E-state index contributed by atoms with van der Waals surface area (Å²) in [6.45, 7) is 0. The van der Waals surface area contributed by atoms with Crippen LogP contribution < -0.4 is 29.6 Å². The molecule has 0 radical (unpaired) electrons. The van der Waals surface area contributed by atoms with Gasteiger partial charge in [0, 0.05) is 0 Å². The number of carbonyl (C=O) groups is 2. The number of carboxylic acids is 1. The number of esters is 1. The van der Waals surface area contributed by atoms with E-state index in [0.29, 0.717) is 0 Å². The first-order valence-corrected chi connectivity index (χ1v) is 10.1. The molecule has 0 aromatic carbocycles. The van der Waals surface area contributed by atoms with Gasteiger partial charge < -0.3 is 11.3 Å². The molecule has 0 aliphatic carbocycles. The molecular formula is C14H11F16NaO7S. The number of carboxylic acid groups (broad SMARTS) is 1. The van der Waals surface area contributed by atoms with Crippen molar-refractivity contribution in [1.82, 2.24) is 0 Å². The minimum absolute atomic E-state index is 0. The topological polar surface area (TPSA) is 118 Å². The van der Waals surface area contributed by atoms with Crippen LogP contribution >= 0.6 is 0 Å². The molecule has 7 nitrogen and oxygen atoms in total. The summed E-state index contributed by atoms with van der Waals surface area (Å²) in [5.41, 5.74) is 0. The number of hydrogen-bond acceptors (Lipinski definition) is 5. The summed E-state index contributed by atoms with van der Waals surface area (Å²) < 4.78 is 245. The van der Waals surface area contributed by atoms with Crippen molar-refractivity contribution in [1.29, 1.82) is 0 Å². The Morgan fingerprint density at radius 3 is 1.41 bits per heavy atom. The maximum atomic E-state index is 14.2. The molecule has 0 aromatic rings. The van der Waals surface area contributed by atoms with Crippen LogP contribution in [0.5, 0.6) is 0 Å². The fourth-order valence-electron chi connectivity index (χ4n) is 2.23. The van der Waals surface area contributed by atoms with E-state index in [1.807, 2.05) is 0 Å². The first-order valence-electron chi connectivity index (χ1n) is 8.64. The van der Waals surface area contributed by atoms with Gasteiger partial charge in [-0.3, -0.25) is 14.1 Å². The third-order valence-corrected chi connectivity index (χ3v) is 5.43. The van der Waals surface area contributed by atoms with Crippen molar-refractivity contribution in [3.8, 4) is 0 Å². The number of halogens is 16. The third-order valence-electron chi connectivity index (χ3n) is 4.35. The summed E-state index contributed by atoms with van der Waals surface area (Å²) in [6.07, 6.45) is -23.7. The number of ether oxygens (including phenoxy) is 1. The fourth-order valence-corrected chi connectivity index (χ4v) is 2.88. The Labute approximate surface area is 228 Å². The van der Waals surface area contributed by atoms with Crippen LogP contribution in [0, 0.1) is 0 Å². The Balaban J connectivity index is -0.00000684. The summed E-state index contributed by atoms with van der Waals surface area (Å²) in [6, 6.07) is 0. The molecule has 0 spiro atoms. The summed E-state index contributed by atoms with van der Waals surface area (Å²) in [4.78, 5) is 22.2. The molecule has 25 heteroatoms. The largest absolute Gasteiger partial charge is 1.00 e. The van der Waals surface area contributed by atoms with Crippen molar-refractivity contribution in [3.63, 3.8) is 0 Å².